The number of nitrogens with zero attached hydrogens (tertiary/aromatic N) is 2. The van der Waals surface area contributed by atoms with Crippen LogP contribution in [0.5, 0.6) is 0 Å². The molecule has 0 aromatic heterocycles. The van der Waals surface area contributed by atoms with E-state index in [0.717, 1.165) is 6.07 Å². The first-order valence-electron chi connectivity index (χ1n) is 5.52. The van der Waals surface area contributed by atoms with E-state index in [9.17, 15) is 19.3 Å². The van der Waals surface area contributed by atoms with E-state index in [1.54, 1.807) is 0 Å². The number of aliphatic carboxylic acids is 1. The van der Waals surface area contributed by atoms with Crippen LogP contribution in [0.2, 0.25) is 0 Å². The van der Waals surface area contributed by atoms with E-state index >= 15 is 0 Å². The first-order valence-corrected chi connectivity index (χ1v) is 5.52. The molecule has 7 nitrogen and oxygen atoms in total. The number of carboxylic acid groups (broad SMARTS) is 1. The number of carboxylic acids is 1. The topological polar surface area (TPSA) is 92.9 Å². The first kappa shape index (κ1) is 13.2. The highest BCUT2D eigenvalue weighted by Crippen LogP contribution is 2.25. The first-order chi connectivity index (χ1) is 8.99. The van der Waals surface area contributed by atoms with E-state index in [0.29, 0.717) is 6.54 Å². The Kier molecular flexibility index (Phi) is 3.61. The summed E-state index contributed by atoms with van der Waals surface area (Å²) in [6, 6.07) is 3.28. The Hall–Kier alpha value is -2.22. The van der Waals surface area contributed by atoms with Crippen molar-refractivity contribution in [1.82, 2.24) is 0 Å². The van der Waals surface area contributed by atoms with Crippen molar-refractivity contribution in [3.05, 3.63) is 34.1 Å². The van der Waals surface area contributed by atoms with E-state index in [-0.39, 0.29) is 24.5 Å². The van der Waals surface area contributed by atoms with E-state index in [1.165, 1.54) is 17.0 Å². The summed E-state index contributed by atoms with van der Waals surface area (Å²) in [5.41, 5.74) is -0.204. The number of ether oxygens (including phenoxy) is 1. The lowest BCUT2D eigenvalue weighted by molar-refractivity contribution is -0.385. The summed E-state index contributed by atoms with van der Waals surface area (Å²) in [7, 11) is 0. The second kappa shape index (κ2) is 5.19. The smallest absolute Gasteiger partial charge is 0.334 e. The fourth-order valence-electron chi connectivity index (χ4n) is 1.88. The van der Waals surface area contributed by atoms with E-state index < -0.39 is 22.8 Å². The van der Waals surface area contributed by atoms with Gasteiger partial charge in [-0.25, -0.2) is 9.18 Å². The van der Waals surface area contributed by atoms with Gasteiger partial charge >= 0.3 is 5.97 Å². The molecule has 1 heterocycles. The molecule has 2 rings (SSSR count). The highest BCUT2D eigenvalue weighted by molar-refractivity contribution is 5.73. The molecule has 1 aliphatic rings. The molecule has 1 unspecified atom stereocenters. The number of anilines is 1. The third kappa shape index (κ3) is 2.79. The van der Waals surface area contributed by atoms with Crippen LogP contribution < -0.4 is 4.90 Å². The number of hydrogen-bond donors (Lipinski definition) is 1. The summed E-state index contributed by atoms with van der Waals surface area (Å²) in [5, 5.41) is 19.4. The maximum atomic E-state index is 13.8. The van der Waals surface area contributed by atoms with Crippen LogP contribution in [0.25, 0.3) is 0 Å². The molecule has 1 atom stereocenters. The van der Waals surface area contributed by atoms with Crippen molar-refractivity contribution in [2.75, 3.05) is 24.6 Å². The van der Waals surface area contributed by atoms with Gasteiger partial charge in [0.25, 0.3) is 5.69 Å². The minimum Gasteiger partial charge on any atom is -0.479 e. The van der Waals surface area contributed by atoms with Crippen molar-refractivity contribution in [1.29, 1.82) is 0 Å². The molecule has 0 amide bonds. The zero-order chi connectivity index (χ0) is 14.0. The van der Waals surface area contributed by atoms with Crippen molar-refractivity contribution in [3.8, 4) is 0 Å². The minimum absolute atomic E-state index is 0.00403. The lowest BCUT2D eigenvalue weighted by Crippen LogP contribution is -2.46. The van der Waals surface area contributed by atoms with Crippen LogP contribution in [-0.2, 0) is 9.53 Å². The predicted octanol–water partition coefficient (Wildman–Crippen LogP) is 1.02. The molecule has 1 fully saturated rings. The average molecular weight is 270 g/mol. The molecule has 0 aliphatic carbocycles. The molecular weight excluding hydrogens is 259 g/mol. The number of benzene rings is 1. The second-order valence-electron chi connectivity index (χ2n) is 4.04. The van der Waals surface area contributed by atoms with Gasteiger partial charge in [-0.15, -0.1) is 0 Å². The van der Waals surface area contributed by atoms with Gasteiger partial charge in [0, 0.05) is 12.6 Å². The molecule has 1 saturated heterocycles. The molecule has 1 aliphatic heterocycles. The van der Waals surface area contributed by atoms with Gasteiger partial charge in [-0.05, 0) is 6.07 Å². The Morgan fingerprint density at radius 1 is 1.58 bits per heavy atom. The van der Waals surface area contributed by atoms with Crippen molar-refractivity contribution in [3.63, 3.8) is 0 Å². The molecular formula is C11H11FN2O5. The van der Waals surface area contributed by atoms with Crippen molar-refractivity contribution in [2.24, 2.45) is 0 Å². The fourth-order valence-corrected chi connectivity index (χ4v) is 1.88. The minimum atomic E-state index is -1.12. The summed E-state index contributed by atoms with van der Waals surface area (Å²) in [6.45, 7) is 0.496. The predicted molar refractivity (Wildman–Crippen MR) is 62.6 cm³/mol. The number of rotatable bonds is 3. The number of morpholine rings is 1. The van der Waals surface area contributed by atoms with Crippen LogP contribution in [0.1, 0.15) is 0 Å². The van der Waals surface area contributed by atoms with Crippen molar-refractivity contribution in [2.45, 2.75) is 6.10 Å². The van der Waals surface area contributed by atoms with E-state index in [2.05, 4.69) is 0 Å². The molecule has 1 aromatic rings. The van der Waals surface area contributed by atoms with Gasteiger partial charge in [0.1, 0.15) is 0 Å². The van der Waals surface area contributed by atoms with Gasteiger partial charge in [0.15, 0.2) is 11.9 Å². The molecule has 8 heteroatoms. The number of nitro groups is 1. The Morgan fingerprint density at radius 3 is 2.89 bits per heavy atom. The number of halogens is 1. The standard InChI is InChI=1S/C11H11FN2O5/c12-8-5-7(14(17)18)1-2-9(8)13-3-4-19-10(6-13)11(15)16/h1-2,5,10H,3-4,6H2,(H,15,16). The van der Waals surface area contributed by atoms with Crippen LogP contribution in [0, 0.1) is 15.9 Å². The molecule has 0 saturated carbocycles. The lowest BCUT2D eigenvalue weighted by atomic mass is 10.2. The highest BCUT2D eigenvalue weighted by Gasteiger charge is 2.28. The Balaban J connectivity index is 2.22. The number of nitro benzene ring substituents is 1. The maximum Gasteiger partial charge on any atom is 0.334 e. The Morgan fingerprint density at radius 2 is 2.32 bits per heavy atom. The van der Waals surface area contributed by atoms with Crippen LogP contribution in [-0.4, -0.2) is 41.8 Å². The fraction of sp³-hybridized carbons (Fsp3) is 0.364. The Bertz CT molecular complexity index is 522. The van der Waals surface area contributed by atoms with Gasteiger partial charge in [-0.2, -0.15) is 0 Å². The van der Waals surface area contributed by atoms with Crippen LogP contribution in [0.15, 0.2) is 18.2 Å². The lowest BCUT2D eigenvalue weighted by Gasteiger charge is -2.32. The molecule has 1 N–H and O–H groups in total. The quantitative estimate of drug-likeness (QED) is 0.651. The van der Waals surface area contributed by atoms with Crippen molar-refractivity contribution >= 4 is 17.3 Å². The van der Waals surface area contributed by atoms with Gasteiger partial charge in [0.2, 0.25) is 0 Å². The third-order valence-electron chi connectivity index (χ3n) is 2.82. The van der Waals surface area contributed by atoms with Gasteiger partial charge in [-0.1, -0.05) is 0 Å². The molecule has 1 aromatic carbocycles. The summed E-state index contributed by atoms with van der Waals surface area (Å²) in [6.07, 6.45) is -1.02. The van der Waals surface area contributed by atoms with Crippen LogP contribution in [0.4, 0.5) is 15.8 Å². The second-order valence-corrected chi connectivity index (χ2v) is 4.04. The summed E-state index contributed by atoms with van der Waals surface area (Å²) >= 11 is 0. The normalized spacial score (nSPS) is 19.2. The summed E-state index contributed by atoms with van der Waals surface area (Å²) in [5.74, 6) is -1.87. The molecule has 0 spiro atoms. The third-order valence-corrected chi connectivity index (χ3v) is 2.82. The number of non-ortho nitro benzene ring substituents is 1. The maximum absolute atomic E-state index is 13.8. The van der Waals surface area contributed by atoms with E-state index in [1.807, 2.05) is 0 Å². The zero-order valence-corrected chi connectivity index (χ0v) is 9.78. The number of hydrogen-bond acceptors (Lipinski definition) is 5. The Labute approximate surface area is 107 Å². The average Bonchev–Trinajstić information content (AvgIpc) is 2.38. The highest BCUT2D eigenvalue weighted by atomic mass is 19.1. The zero-order valence-electron chi connectivity index (χ0n) is 9.78. The molecule has 102 valence electrons. The van der Waals surface area contributed by atoms with Gasteiger partial charge in [0.05, 0.1) is 29.8 Å². The molecule has 0 bridgehead atoms. The largest absolute Gasteiger partial charge is 0.479 e. The van der Waals surface area contributed by atoms with Crippen LogP contribution in [0.3, 0.4) is 0 Å². The van der Waals surface area contributed by atoms with Crippen LogP contribution >= 0.6 is 0 Å². The van der Waals surface area contributed by atoms with E-state index in [4.69, 9.17) is 9.84 Å². The van der Waals surface area contributed by atoms with Gasteiger partial charge in [-0.3, -0.25) is 10.1 Å². The summed E-state index contributed by atoms with van der Waals surface area (Å²) in [4.78, 5) is 22.1. The SMILES string of the molecule is O=C(O)C1CN(c2ccc([N+](=O)[O-])cc2F)CCO1. The molecule has 0 radical (unpaired) electrons. The molecule has 19 heavy (non-hydrogen) atoms. The van der Waals surface area contributed by atoms with Gasteiger partial charge < -0.3 is 14.7 Å². The summed E-state index contributed by atoms with van der Waals surface area (Å²) < 4.78 is 18.8. The van der Waals surface area contributed by atoms with Crippen molar-refractivity contribution < 1.29 is 24.0 Å². The monoisotopic (exact) mass is 270 g/mol. The number of carbonyl (C=O) groups is 1.